The lowest BCUT2D eigenvalue weighted by atomic mass is 10.1. The SMILES string of the molecule is Cc1ccc(N=Cc2cc(Br)c(OCc3ccccc3)c(Br)c2)cc1C. The number of hydrogen-bond acceptors (Lipinski definition) is 2. The second kappa shape index (κ2) is 8.65. The first-order valence-electron chi connectivity index (χ1n) is 8.30. The van der Waals surface area contributed by atoms with E-state index in [-0.39, 0.29) is 0 Å². The van der Waals surface area contributed by atoms with Gasteiger partial charge in [0.2, 0.25) is 0 Å². The Kier molecular flexibility index (Phi) is 6.28. The average Bonchev–Trinajstić information content (AvgIpc) is 2.63. The van der Waals surface area contributed by atoms with Crippen LogP contribution in [0, 0.1) is 13.8 Å². The number of aryl methyl sites for hydroxylation is 2. The summed E-state index contributed by atoms with van der Waals surface area (Å²) in [5.41, 5.74) is 5.59. The molecule has 0 heterocycles. The van der Waals surface area contributed by atoms with Gasteiger partial charge in [0, 0.05) is 6.21 Å². The molecule has 0 aliphatic carbocycles. The molecule has 0 saturated carbocycles. The normalized spacial score (nSPS) is 11.1. The molecule has 0 N–H and O–H groups in total. The molecule has 4 heteroatoms. The highest BCUT2D eigenvalue weighted by Gasteiger charge is 2.09. The Morgan fingerprint density at radius 1 is 0.885 bits per heavy atom. The summed E-state index contributed by atoms with van der Waals surface area (Å²) in [5.74, 6) is 0.789. The number of benzene rings is 3. The number of hydrogen-bond donors (Lipinski definition) is 0. The molecular formula is C22H19Br2NO. The van der Waals surface area contributed by atoms with Gasteiger partial charge in [0.25, 0.3) is 0 Å². The second-order valence-electron chi connectivity index (χ2n) is 6.11. The van der Waals surface area contributed by atoms with E-state index in [0.29, 0.717) is 6.61 Å². The van der Waals surface area contributed by atoms with Gasteiger partial charge >= 0.3 is 0 Å². The van der Waals surface area contributed by atoms with E-state index in [1.165, 1.54) is 11.1 Å². The van der Waals surface area contributed by atoms with Crippen molar-refractivity contribution in [3.8, 4) is 5.75 Å². The monoisotopic (exact) mass is 471 g/mol. The van der Waals surface area contributed by atoms with Crippen LogP contribution in [0.3, 0.4) is 0 Å². The number of ether oxygens (including phenoxy) is 1. The van der Waals surface area contributed by atoms with E-state index in [0.717, 1.165) is 31.5 Å². The Hall–Kier alpha value is -1.91. The topological polar surface area (TPSA) is 21.6 Å². The molecule has 0 aliphatic rings. The fourth-order valence-electron chi connectivity index (χ4n) is 2.48. The van der Waals surface area contributed by atoms with Gasteiger partial charge in [-0.1, -0.05) is 36.4 Å². The molecule has 0 bridgehead atoms. The van der Waals surface area contributed by atoms with Gasteiger partial charge in [-0.3, -0.25) is 4.99 Å². The molecule has 0 unspecified atom stereocenters. The van der Waals surface area contributed by atoms with E-state index in [1.54, 1.807) is 0 Å². The van der Waals surface area contributed by atoms with Crippen molar-refractivity contribution in [2.75, 3.05) is 0 Å². The van der Waals surface area contributed by atoms with Gasteiger partial charge in [-0.05, 0) is 92.2 Å². The summed E-state index contributed by atoms with van der Waals surface area (Å²) in [6.45, 7) is 4.72. The highest BCUT2D eigenvalue weighted by molar-refractivity contribution is 9.11. The van der Waals surface area contributed by atoms with E-state index in [4.69, 9.17) is 4.74 Å². The van der Waals surface area contributed by atoms with Crippen LogP contribution in [0.4, 0.5) is 5.69 Å². The summed E-state index contributed by atoms with van der Waals surface area (Å²) in [6, 6.07) is 20.3. The average molecular weight is 473 g/mol. The molecule has 0 aliphatic heterocycles. The molecule has 0 fully saturated rings. The van der Waals surface area contributed by atoms with Crippen LogP contribution in [-0.4, -0.2) is 6.21 Å². The van der Waals surface area contributed by atoms with E-state index < -0.39 is 0 Å². The lowest BCUT2D eigenvalue weighted by Gasteiger charge is -2.11. The van der Waals surface area contributed by atoms with Gasteiger partial charge in [0.15, 0.2) is 0 Å². The molecule has 3 aromatic rings. The van der Waals surface area contributed by atoms with Crippen molar-refractivity contribution in [1.29, 1.82) is 0 Å². The smallest absolute Gasteiger partial charge is 0.148 e. The van der Waals surface area contributed by atoms with Crippen LogP contribution >= 0.6 is 31.9 Å². The Labute approximate surface area is 171 Å². The lowest BCUT2D eigenvalue weighted by Crippen LogP contribution is -1.97. The zero-order chi connectivity index (χ0) is 18.5. The van der Waals surface area contributed by atoms with E-state index in [9.17, 15) is 0 Å². The zero-order valence-electron chi connectivity index (χ0n) is 14.7. The van der Waals surface area contributed by atoms with Crippen LogP contribution in [0.2, 0.25) is 0 Å². The molecule has 0 amide bonds. The molecule has 26 heavy (non-hydrogen) atoms. The van der Waals surface area contributed by atoms with Gasteiger partial charge in [0.05, 0.1) is 14.6 Å². The number of nitrogens with zero attached hydrogens (tertiary/aromatic N) is 1. The molecule has 0 spiro atoms. The van der Waals surface area contributed by atoms with Gasteiger partial charge in [-0.15, -0.1) is 0 Å². The maximum absolute atomic E-state index is 5.96. The standard InChI is InChI=1S/C22H19Br2NO/c1-15-8-9-19(10-16(15)2)25-13-18-11-20(23)22(21(24)12-18)26-14-17-6-4-3-5-7-17/h3-13H,14H2,1-2H3. The third-order valence-corrected chi connectivity index (χ3v) is 5.28. The third-order valence-electron chi connectivity index (χ3n) is 4.10. The van der Waals surface area contributed by atoms with Crippen LogP contribution in [0.5, 0.6) is 5.75 Å². The maximum atomic E-state index is 5.96. The van der Waals surface area contributed by atoms with Crippen molar-refractivity contribution in [3.05, 3.63) is 91.9 Å². The molecule has 3 aromatic carbocycles. The van der Waals surface area contributed by atoms with Gasteiger partial charge in [-0.25, -0.2) is 0 Å². The highest BCUT2D eigenvalue weighted by Crippen LogP contribution is 2.35. The third kappa shape index (κ3) is 4.83. The predicted molar refractivity (Wildman–Crippen MR) is 116 cm³/mol. The van der Waals surface area contributed by atoms with Crippen LogP contribution in [0.15, 0.2) is 74.6 Å². The Morgan fingerprint density at radius 3 is 2.23 bits per heavy atom. The molecular weight excluding hydrogens is 454 g/mol. The lowest BCUT2D eigenvalue weighted by molar-refractivity contribution is 0.302. The number of rotatable bonds is 5. The fraction of sp³-hybridized carbons (Fsp3) is 0.136. The van der Waals surface area contributed by atoms with E-state index >= 15 is 0 Å². The van der Waals surface area contributed by atoms with Gasteiger partial charge in [-0.2, -0.15) is 0 Å². The fourth-order valence-corrected chi connectivity index (χ4v) is 3.93. The van der Waals surface area contributed by atoms with Crippen LogP contribution in [-0.2, 0) is 6.61 Å². The second-order valence-corrected chi connectivity index (χ2v) is 7.82. The number of halogens is 2. The minimum absolute atomic E-state index is 0.522. The van der Waals surface area contributed by atoms with Crippen molar-refractivity contribution in [2.24, 2.45) is 4.99 Å². The zero-order valence-corrected chi connectivity index (χ0v) is 17.8. The molecule has 2 nitrogen and oxygen atoms in total. The first-order chi connectivity index (χ1) is 12.5. The van der Waals surface area contributed by atoms with Crippen molar-refractivity contribution in [3.63, 3.8) is 0 Å². The van der Waals surface area contributed by atoms with Crippen LogP contribution in [0.25, 0.3) is 0 Å². The summed E-state index contributed by atoms with van der Waals surface area (Å²) in [5, 5.41) is 0. The van der Waals surface area contributed by atoms with E-state index in [2.05, 4.69) is 62.8 Å². The molecule has 0 radical (unpaired) electrons. The summed E-state index contributed by atoms with van der Waals surface area (Å²) in [4.78, 5) is 4.58. The van der Waals surface area contributed by atoms with E-state index in [1.807, 2.05) is 54.7 Å². The molecule has 0 saturated heterocycles. The largest absolute Gasteiger partial charge is 0.487 e. The minimum atomic E-state index is 0.522. The van der Waals surface area contributed by atoms with Crippen LogP contribution < -0.4 is 4.74 Å². The van der Waals surface area contributed by atoms with Crippen molar-refractivity contribution >= 4 is 43.8 Å². The predicted octanol–water partition coefficient (Wildman–Crippen LogP) is 7.16. The summed E-state index contributed by atoms with van der Waals surface area (Å²) in [6.07, 6.45) is 1.86. The quantitative estimate of drug-likeness (QED) is 0.361. The minimum Gasteiger partial charge on any atom is -0.487 e. The number of aliphatic imine (C=N–C) groups is 1. The molecule has 0 aromatic heterocycles. The summed E-state index contributed by atoms with van der Waals surface area (Å²) < 4.78 is 7.75. The Bertz CT molecular complexity index is 913. The van der Waals surface area contributed by atoms with Gasteiger partial charge in [0.1, 0.15) is 12.4 Å². The highest BCUT2D eigenvalue weighted by atomic mass is 79.9. The summed E-state index contributed by atoms with van der Waals surface area (Å²) in [7, 11) is 0. The van der Waals surface area contributed by atoms with Crippen molar-refractivity contribution < 1.29 is 4.74 Å². The molecule has 3 rings (SSSR count). The van der Waals surface area contributed by atoms with Crippen molar-refractivity contribution in [2.45, 2.75) is 20.5 Å². The molecule has 0 atom stereocenters. The maximum Gasteiger partial charge on any atom is 0.148 e. The Morgan fingerprint density at radius 2 is 1.58 bits per heavy atom. The van der Waals surface area contributed by atoms with Gasteiger partial charge < -0.3 is 4.74 Å². The Balaban J connectivity index is 1.76. The first kappa shape index (κ1) is 18.9. The van der Waals surface area contributed by atoms with Crippen molar-refractivity contribution in [1.82, 2.24) is 0 Å². The summed E-state index contributed by atoms with van der Waals surface area (Å²) >= 11 is 7.20. The first-order valence-corrected chi connectivity index (χ1v) is 9.88. The molecule has 132 valence electrons. The van der Waals surface area contributed by atoms with Crippen LogP contribution in [0.1, 0.15) is 22.3 Å².